The summed E-state index contributed by atoms with van der Waals surface area (Å²) in [7, 11) is 1.63. The van der Waals surface area contributed by atoms with Gasteiger partial charge < -0.3 is 19.1 Å². The summed E-state index contributed by atoms with van der Waals surface area (Å²) in [6, 6.07) is 13.5. The first kappa shape index (κ1) is 18.5. The number of carbonyl (C=O) groups excluding carboxylic acids is 1. The Kier molecular flexibility index (Phi) is 6.36. The van der Waals surface area contributed by atoms with Gasteiger partial charge in [-0.1, -0.05) is 41.9 Å². The smallest absolute Gasteiger partial charge is 0.227 e. The zero-order chi connectivity index (χ0) is 18.4. The second kappa shape index (κ2) is 8.92. The Morgan fingerprint density at radius 2 is 1.92 bits per heavy atom. The summed E-state index contributed by atoms with van der Waals surface area (Å²) >= 11 is 6.27. The van der Waals surface area contributed by atoms with Crippen LogP contribution in [0.2, 0.25) is 5.02 Å². The summed E-state index contributed by atoms with van der Waals surface area (Å²) in [5.41, 5.74) is 1.89. The molecule has 0 saturated carbocycles. The molecule has 138 valence electrons. The van der Waals surface area contributed by atoms with Crippen LogP contribution in [0.5, 0.6) is 11.5 Å². The minimum atomic E-state index is 0.0126. The number of benzene rings is 2. The van der Waals surface area contributed by atoms with Crippen molar-refractivity contribution in [2.75, 3.05) is 33.5 Å². The fourth-order valence-electron chi connectivity index (χ4n) is 2.85. The lowest BCUT2D eigenvalue weighted by molar-refractivity contribution is -0.131. The van der Waals surface area contributed by atoms with Crippen LogP contribution in [0.15, 0.2) is 42.5 Å². The van der Waals surface area contributed by atoms with Gasteiger partial charge in [-0.2, -0.15) is 0 Å². The lowest BCUT2D eigenvalue weighted by Crippen LogP contribution is -2.34. The highest BCUT2D eigenvalue weighted by atomic mass is 35.5. The second-order valence-corrected chi connectivity index (χ2v) is 6.48. The van der Waals surface area contributed by atoms with Crippen LogP contribution in [0.4, 0.5) is 0 Å². The molecule has 0 N–H and O–H groups in total. The number of halogens is 1. The van der Waals surface area contributed by atoms with Crippen LogP contribution in [-0.4, -0.2) is 44.3 Å². The molecular formula is C20H22ClNO4. The Hall–Kier alpha value is -2.24. The molecule has 1 heterocycles. The van der Waals surface area contributed by atoms with E-state index in [0.717, 1.165) is 11.1 Å². The molecule has 0 spiro atoms. The van der Waals surface area contributed by atoms with Gasteiger partial charge in [-0.15, -0.1) is 0 Å². The molecule has 2 aromatic rings. The van der Waals surface area contributed by atoms with E-state index in [0.29, 0.717) is 49.4 Å². The van der Waals surface area contributed by atoms with Crippen molar-refractivity contribution in [2.24, 2.45) is 0 Å². The Morgan fingerprint density at radius 3 is 2.69 bits per heavy atom. The Balaban J connectivity index is 1.73. The van der Waals surface area contributed by atoms with Crippen LogP contribution >= 0.6 is 11.6 Å². The largest absolute Gasteiger partial charge is 0.486 e. The third-order valence-corrected chi connectivity index (χ3v) is 4.43. The predicted octanol–water partition coefficient (Wildman–Crippen LogP) is 3.33. The quantitative estimate of drug-likeness (QED) is 0.744. The van der Waals surface area contributed by atoms with Crippen molar-refractivity contribution in [2.45, 2.75) is 13.0 Å². The number of hydrogen-bond acceptors (Lipinski definition) is 4. The molecule has 0 atom stereocenters. The number of methoxy groups -OCH3 is 1. The van der Waals surface area contributed by atoms with Gasteiger partial charge >= 0.3 is 0 Å². The topological polar surface area (TPSA) is 48.0 Å². The van der Waals surface area contributed by atoms with Gasteiger partial charge in [0.15, 0.2) is 11.5 Å². The number of nitrogens with zero attached hydrogens (tertiary/aromatic N) is 1. The molecule has 1 aliphatic rings. The van der Waals surface area contributed by atoms with Crippen LogP contribution in [0.25, 0.3) is 0 Å². The molecule has 0 unspecified atom stereocenters. The predicted molar refractivity (Wildman–Crippen MR) is 99.9 cm³/mol. The summed E-state index contributed by atoms with van der Waals surface area (Å²) in [6.07, 6.45) is 0.243. The molecule has 3 rings (SSSR count). The summed E-state index contributed by atoms with van der Waals surface area (Å²) in [5.74, 6) is 1.16. The first-order valence-electron chi connectivity index (χ1n) is 8.56. The fraction of sp³-hybridized carbons (Fsp3) is 0.350. The maximum absolute atomic E-state index is 12.9. The normalized spacial score (nSPS) is 12.7. The fourth-order valence-corrected chi connectivity index (χ4v) is 3.14. The van der Waals surface area contributed by atoms with E-state index in [1.807, 2.05) is 36.4 Å². The van der Waals surface area contributed by atoms with Crippen LogP contribution in [-0.2, 0) is 22.5 Å². The van der Waals surface area contributed by atoms with E-state index in [4.69, 9.17) is 25.8 Å². The Bertz CT molecular complexity index is 751. The number of rotatable bonds is 7. The van der Waals surface area contributed by atoms with Gasteiger partial charge in [-0.25, -0.2) is 0 Å². The summed E-state index contributed by atoms with van der Waals surface area (Å²) in [4.78, 5) is 14.7. The molecule has 0 bridgehead atoms. The van der Waals surface area contributed by atoms with Crippen molar-refractivity contribution in [3.05, 3.63) is 58.6 Å². The number of fused-ring (bicyclic) bond motifs is 1. The van der Waals surface area contributed by atoms with Crippen molar-refractivity contribution in [3.8, 4) is 11.5 Å². The van der Waals surface area contributed by atoms with E-state index in [1.54, 1.807) is 18.1 Å². The van der Waals surface area contributed by atoms with Crippen molar-refractivity contribution >= 4 is 17.5 Å². The molecule has 6 heteroatoms. The minimum Gasteiger partial charge on any atom is -0.486 e. The number of ether oxygens (including phenoxy) is 3. The first-order chi connectivity index (χ1) is 12.7. The average molecular weight is 376 g/mol. The van der Waals surface area contributed by atoms with Crippen molar-refractivity contribution < 1.29 is 19.0 Å². The average Bonchev–Trinajstić information content (AvgIpc) is 2.66. The van der Waals surface area contributed by atoms with E-state index in [1.165, 1.54) is 0 Å². The zero-order valence-electron chi connectivity index (χ0n) is 14.7. The van der Waals surface area contributed by atoms with E-state index in [9.17, 15) is 4.79 Å². The SMILES string of the molecule is COCCN(Cc1ccccc1)C(=O)Cc1cc(Cl)c2c(c1)OCCO2. The molecule has 1 aliphatic heterocycles. The molecule has 0 fully saturated rings. The number of amides is 1. The monoisotopic (exact) mass is 375 g/mol. The lowest BCUT2D eigenvalue weighted by atomic mass is 10.1. The molecule has 0 saturated heterocycles. The standard InChI is InChI=1S/C20H22ClNO4/c1-24-8-7-22(14-15-5-3-2-4-6-15)19(23)13-16-11-17(21)20-18(12-16)25-9-10-26-20/h2-6,11-12H,7-10,13-14H2,1H3. The zero-order valence-corrected chi connectivity index (χ0v) is 15.5. The molecular weight excluding hydrogens is 354 g/mol. The van der Waals surface area contributed by atoms with Gasteiger partial charge in [-0.3, -0.25) is 4.79 Å². The van der Waals surface area contributed by atoms with Crippen molar-refractivity contribution in [3.63, 3.8) is 0 Å². The van der Waals surface area contributed by atoms with Crippen LogP contribution < -0.4 is 9.47 Å². The second-order valence-electron chi connectivity index (χ2n) is 6.07. The highest BCUT2D eigenvalue weighted by molar-refractivity contribution is 6.32. The summed E-state index contributed by atoms with van der Waals surface area (Å²) < 4.78 is 16.3. The van der Waals surface area contributed by atoms with E-state index in [-0.39, 0.29) is 12.3 Å². The third kappa shape index (κ3) is 4.68. The van der Waals surface area contributed by atoms with Gasteiger partial charge in [0.25, 0.3) is 0 Å². The van der Waals surface area contributed by atoms with Crippen LogP contribution in [0.3, 0.4) is 0 Å². The molecule has 1 amide bonds. The van der Waals surface area contributed by atoms with Crippen molar-refractivity contribution in [1.82, 2.24) is 4.90 Å². The Labute approximate surface area is 158 Å². The van der Waals surface area contributed by atoms with Gasteiger partial charge in [0, 0.05) is 20.2 Å². The molecule has 2 aromatic carbocycles. The van der Waals surface area contributed by atoms with E-state index in [2.05, 4.69) is 0 Å². The lowest BCUT2D eigenvalue weighted by Gasteiger charge is -2.24. The van der Waals surface area contributed by atoms with E-state index < -0.39 is 0 Å². The summed E-state index contributed by atoms with van der Waals surface area (Å²) in [5, 5.41) is 0.469. The third-order valence-electron chi connectivity index (χ3n) is 4.15. The molecule has 5 nitrogen and oxygen atoms in total. The maximum Gasteiger partial charge on any atom is 0.227 e. The molecule has 0 aliphatic carbocycles. The highest BCUT2D eigenvalue weighted by Crippen LogP contribution is 2.38. The van der Waals surface area contributed by atoms with E-state index >= 15 is 0 Å². The van der Waals surface area contributed by atoms with Crippen LogP contribution in [0.1, 0.15) is 11.1 Å². The number of carbonyl (C=O) groups is 1. The maximum atomic E-state index is 12.9. The van der Waals surface area contributed by atoms with Gasteiger partial charge in [0.1, 0.15) is 13.2 Å². The summed E-state index contributed by atoms with van der Waals surface area (Å²) in [6.45, 7) is 2.52. The Morgan fingerprint density at radius 1 is 1.15 bits per heavy atom. The first-order valence-corrected chi connectivity index (χ1v) is 8.94. The number of hydrogen-bond donors (Lipinski definition) is 0. The molecule has 0 aromatic heterocycles. The highest BCUT2D eigenvalue weighted by Gasteiger charge is 2.20. The van der Waals surface area contributed by atoms with Crippen LogP contribution in [0, 0.1) is 0 Å². The van der Waals surface area contributed by atoms with Gasteiger partial charge in [0.2, 0.25) is 5.91 Å². The van der Waals surface area contributed by atoms with Crippen molar-refractivity contribution in [1.29, 1.82) is 0 Å². The minimum absolute atomic E-state index is 0.0126. The van der Waals surface area contributed by atoms with Gasteiger partial charge in [-0.05, 0) is 23.3 Å². The molecule has 0 radical (unpaired) electrons. The van der Waals surface area contributed by atoms with Gasteiger partial charge in [0.05, 0.1) is 18.1 Å². The molecule has 26 heavy (non-hydrogen) atoms.